The highest BCUT2D eigenvalue weighted by Crippen LogP contribution is 2.13. The van der Waals surface area contributed by atoms with Gasteiger partial charge in [0, 0.05) is 6.54 Å². The van der Waals surface area contributed by atoms with Gasteiger partial charge in [-0.05, 0) is 19.0 Å². The zero-order valence-corrected chi connectivity index (χ0v) is 16.0. The number of rotatable bonds is 19. The normalized spacial score (nSPS) is 11.2. The van der Waals surface area contributed by atoms with Crippen molar-refractivity contribution in [1.82, 2.24) is 5.32 Å². The Kier molecular flexibility index (Phi) is 19.2. The van der Waals surface area contributed by atoms with Crippen LogP contribution in [0.4, 0.5) is 0 Å². The molecule has 3 nitrogen and oxygen atoms in total. The standard InChI is InChI=1S/C21H41NO2/c1-2-3-4-5-6-7-8-9-10-11-12-13-14-15-16-17-19-22-20-18-21(23)24/h17,19,22H,2-16,18,20H2,1H3,(H,23,24). The van der Waals surface area contributed by atoms with Crippen LogP contribution in [0.15, 0.2) is 12.3 Å². The molecular formula is C21H41NO2. The van der Waals surface area contributed by atoms with Crippen LogP contribution in [0.5, 0.6) is 0 Å². The van der Waals surface area contributed by atoms with E-state index in [0.717, 1.165) is 6.42 Å². The van der Waals surface area contributed by atoms with Gasteiger partial charge in [0.15, 0.2) is 0 Å². The monoisotopic (exact) mass is 339 g/mol. The predicted octanol–water partition coefficient (Wildman–Crippen LogP) is 6.44. The lowest BCUT2D eigenvalue weighted by Crippen LogP contribution is -2.11. The first kappa shape index (κ1) is 23.0. The minimum Gasteiger partial charge on any atom is -0.481 e. The van der Waals surface area contributed by atoms with Gasteiger partial charge in [-0.1, -0.05) is 96.5 Å². The molecule has 24 heavy (non-hydrogen) atoms. The van der Waals surface area contributed by atoms with E-state index in [9.17, 15) is 4.79 Å². The number of carboxylic acid groups (broad SMARTS) is 1. The molecule has 0 heterocycles. The minimum atomic E-state index is -0.747. The van der Waals surface area contributed by atoms with Crippen molar-refractivity contribution in [1.29, 1.82) is 0 Å². The van der Waals surface area contributed by atoms with Crippen LogP contribution in [0.1, 0.15) is 110 Å². The van der Waals surface area contributed by atoms with Crippen molar-refractivity contribution < 1.29 is 9.90 Å². The van der Waals surface area contributed by atoms with Gasteiger partial charge < -0.3 is 10.4 Å². The topological polar surface area (TPSA) is 49.3 Å². The molecule has 0 saturated heterocycles. The molecule has 0 amide bonds. The molecule has 142 valence electrons. The van der Waals surface area contributed by atoms with E-state index in [4.69, 9.17) is 5.11 Å². The molecule has 0 aromatic carbocycles. The molecule has 0 rings (SSSR count). The quantitative estimate of drug-likeness (QED) is 0.266. The van der Waals surface area contributed by atoms with Crippen LogP contribution < -0.4 is 5.32 Å². The SMILES string of the molecule is CCCCCCCCCCCCCCCCC=CNCCC(=O)O. The molecule has 0 radical (unpaired) electrons. The van der Waals surface area contributed by atoms with Gasteiger partial charge in [0.2, 0.25) is 0 Å². The van der Waals surface area contributed by atoms with Crippen molar-refractivity contribution in [3.8, 4) is 0 Å². The molecular weight excluding hydrogens is 298 g/mol. The Morgan fingerprint density at radius 2 is 1.25 bits per heavy atom. The first-order chi connectivity index (χ1) is 11.8. The minimum absolute atomic E-state index is 0.184. The lowest BCUT2D eigenvalue weighted by atomic mass is 10.0. The number of hydrogen-bond donors (Lipinski definition) is 2. The van der Waals surface area contributed by atoms with Crippen LogP contribution >= 0.6 is 0 Å². The van der Waals surface area contributed by atoms with Crippen molar-refractivity contribution >= 4 is 5.97 Å². The van der Waals surface area contributed by atoms with Crippen molar-refractivity contribution in [2.24, 2.45) is 0 Å². The molecule has 0 aliphatic heterocycles. The van der Waals surface area contributed by atoms with Gasteiger partial charge in [0.25, 0.3) is 0 Å². The molecule has 0 aromatic heterocycles. The zero-order chi connectivity index (χ0) is 17.7. The molecule has 0 atom stereocenters. The molecule has 3 heteroatoms. The maximum Gasteiger partial charge on any atom is 0.305 e. The number of carboxylic acids is 1. The third-order valence-corrected chi connectivity index (χ3v) is 4.44. The highest BCUT2D eigenvalue weighted by molar-refractivity contribution is 5.66. The Balaban J connectivity index is 3.05. The lowest BCUT2D eigenvalue weighted by molar-refractivity contribution is -0.136. The van der Waals surface area contributed by atoms with Crippen LogP contribution in [0, 0.1) is 0 Å². The average molecular weight is 340 g/mol. The average Bonchev–Trinajstić information content (AvgIpc) is 2.56. The second kappa shape index (κ2) is 20.1. The summed E-state index contributed by atoms with van der Waals surface area (Å²) in [6, 6.07) is 0. The van der Waals surface area contributed by atoms with Crippen LogP contribution in [0.25, 0.3) is 0 Å². The van der Waals surface area contributed by atoms with Crippen molar-refractivity contribution in [3.63, 3.8) is 0 Å². The summed E-state index contributed by atoms with van der Waals surface area (Å²) >= 11 is 0. The van der Waals surface area contributed by atoms with Crippen molar-refractivity contribution in [3.05, 3.63) is 12.3 Å². The second-order valence-corrected chi connectivity index (χ2v) is 6.89. The number of carbonyl (C=O) groups is 1. The summed E-state index contributed by atoms with van der Waals surface area (Å²) in [6.07, 6.45) is 24.8. The Morgan fingerprint density at radius 1 is 0.792 bits per heavy atom. The van der Waals surface area contributed by atoms with Crippen LogP contribution in [-0.2, 0) is 4.79 Å². The maximum atomic E-state index is 10.3. The Labute approximate surface area is 150 Å². The highest BCUT2D eigenvalue weighted by Gasteiger charge is 1.94. The van der Waals surface area contributed by atoms with Gasteiger partial charge in [0.1, 0.15) is 0 Å². The molecule has 0 unspecified atom stereocenters. The van der Waals surface area contributed by atoms with E-state index in [1.807, 2.05) is 6.20 Å². The summed E-state index contributed by atoms with van der Waals surface area (Å²) in [7, 11) is 0. The van der Waals surface area contributed by atoms with Crippen molar-refractivity contribution in [2.75, 3.05) is 6.54 Å². The fourth-order valence-electron chi connectivity index (χ4n) is 2.89. The summed E-state index contributed by atoms with van der Waals surface area (Å²) in [6.45, 7) is 2.80. The Morgan fingerprint density at radius 3 is 1.71 bits per heavy atom. The number of nitrogens with one attached hydrogen (secondary N) is 1. The lowest BCUT2D eigenvalue weighted by Gasteiger charge is -2.03. The Bertz CT molecular complexity index is 290. The largest absolute Gasteiger partial charge is 0.481 e. The van der Waals surface area contributed by atoms with Gasteiger partial charge in [-0.15, -0.1) is 0 Å². The van der Waals surface area contributed by atoms with Gasteiger partial charge in [-0.2, -0.15) is 0 Å². The van der Waals surface area contributed by atoms with E-state index in [1.54, 1.807) is 0 Å². The summed E-state index contributed by atoms with van der Waals surface area (Å²) in [5.74, 6) is -0.747. The molecule has 0 aliphatic carbocycles. The summed E-state index contributed by atoms with van der Waals surface area (Å²) in [5.41, 5.74) is 0. The highest BCUT2D eigenvalue weighted by atomic mass is 16.4. The fraction of sp³-hybridized carbons (Fsp3) is 0.857. The van der Waals surface area contributed by atoms with E-state index in [2.05, 4.69) is 18.3 Å². The second-order valence-electron chi connectivity index (χ2n) is 6.89. The van der Waals surface area contributed by atoms with Gasteiger partial charge in [-0.25, -0.2) is 0 Å². The summed E-state index contributed by atoms with van der Waals surface area (Å²) < 4.78 is 0. The predicted molar refractivity (Wildman–Crippen MR) is 104 cm³/mol. The van der Waals surface area contributed by atoms with Gasteiger partial charge in [0.05, 0.1) is 6.42 Å². The van der Waals surface area contributed by atoms with E-state index < -0.39 is 5.97 Å². The molecule has 0 bridgehead atoms. The van der Waals surface area contributed by atoms with E-state index in [1.165, 1.54) is 89.9 Å². The summed E-state index contributed by atoms with van der Waals surface area (Å²) in [5, 5.41) is 11.5. The van der Waals surface area contributed by atoms with E-state index in [-0.39, 0.29) is 6.42 Å². The Hall–Kier alpha value is -0.990. The number of hydrogen-bond acceptors (Lipinski definition) is 2. The van der Waals surface area contributed by atoms with E-state index in [0.29, 0.717) is 6.54 Å². The van der Waals surface area contributed by atoms with Gasteiger partial charge in [-0.3, -0.25) is 4.79 Å². The molecule has 0 aliphatic rings. The number of unbranched alkanes of at least 4 members (excludes halogenated alkanes) is 14. The van der Waals surface area contributed by atoms with Gasteiger partial charge >= 0.3 is 5.97 Å². The molecule has 0 spiro atoms. The van der Waals surface area contributed by atoms with E-state index >= 15 is 0 Å². The first-order valence-electron chi connectivity index (χ1n) is 10.4. The van der Waals surface area contributed by atoms with Crippen LogP contribution in [0.3, 0.4) is 0 Å². The fourth-order valence-corrected chi connectivity index (χ4v) is 2.89. The first-order valence-corrected chi connectivity index (χ1v) is 10.4. The summed E-state index contributed by atoms with van der Waals surface area (Å²) in [4.78, 5) is 10.3. The smallest absolute Gasteiger partial charge is 0.305 e. The molecule has 0 aromatic rings. The molecule has 0 saturated carbocycles. The van der Waals surface area contributed by atoms with Crippen LogP contribution in [0.2, 0.25) is 0 Å². The van der Waals surface area contributed by atoms with Crippen LogP contribution in [-0.4, -0.2) is 17.6 Å². The maximum absolute atomic E-state index is 10.3. The third kappa shape index (κ3) is 21.0. The third-order valence-electron chi connectivity index (χ3n) is 4.44. The number of allylic oxidation sites excluding steroid dienone is 1. The molecule has 0 fully saturated rings. The zero-order valence-electron chi connectivity index (χ0n) is 16.0. The number of aliphatic carboxylic acids is 1. The van der Waals surface area contributed by atoms with Crippen molar-refractivity contribution in [2.45, 2.75) is 110 Å². The molecule has 2 N–H and O–H groups in total.